The number of nitrogens with one attached hydrogen (secondary N) is 3. The minimum Gasteiger partial charge on any atom is -0.393 e. The van der Waals surface area contributed by atoms with E-state index in [1.165, 1.54) is 44.9 Å². The van der Waals surface area contributed by atoms with E-state index in [4.69, 9.17) is 5.73 Å². The molecule has 0 aromatic carbocycles. The van der Waals surface area contributed by atoms with Gasteiger partial charge in [0, 0.05) is 6.42 Å². The van der Waals surface area contributed by atoms with E-state index in [-0.39, 0.29) is 17.8 Å². The maximum atomic E-state index is 11.3. The molecule has 0 aromatic heterocycles. The van der Waals surface area contributed by atoms with Crippen molar-refractivity contribution in [1.29, 1.82) is 0 Å². The molecule has 4 unspecified atom stereocenters. The van der Waals surface area contributed by atoms with Gasteiger partial charge in [-0.25, -0.2) is 0 Å². The standard InChI is InChI=1S/C24H41NO2.C6H17N3/c1-15(4-9-22(25)27)19-7-8-20-18-6-5-16-14-17(26)10-12-23(16,2)21(18)11-13-24(19,20)3;1-5-6(7-2,8-3)9-4/h15-21,26H,4-14H2,1-3H3,(H2,25,27);7-9H,5H2,1-4H3/t15-,16?,17-,18?,19-,20?,21?,23+,24-;/m1./s1. The second-order valence-corrected chi connectivity index (χ2v) is 13.3. The number of nitrogens with two attached hydrogens (primary N) is 1. The van der Waals surface area contributed by atoms with Crippen LogP contribution in [-0.2, 0) is 4.79 Å². The van der Waals surface area contributed by atoms with E-state index in [1.54, 1.807) is 0 Å². The summed E-state index contributed by atoms with van der Waals surface area (Å²) < 4.78 is 0. The van der Waals surface area contributed by atoms with Crippen LogP contribution in [0.25, 0.3) is 0 Å². The number of primary amides is 1. The summed E-state index contributed by atoms with van der Waals surface area (Å²) in [7, 11) is 5.78. The fourth-order valence-corrected chi connectivity index (χ4v) is 9.69. The summed E-state index contributed by atoms with van der Waals surface area (Å²) in [5.41, 5.74) is 6.36. The van der Waals surface area contributed by atoms with Crippen LogP contribution < -0.4 is 21.7 Å². The van der Waals surface area contributed by atoms with Crippen LogP contribution in [0, 0.1) is 46.3 Å². The monoisotopic (exact) mass is 506 g/mol. The van der Waals surface area contributed by atoms with Crippen molar-refractivity contribution in [2.24, 2.45) is 52.1 Å². The van der Waals surface area contributed by atoms with Gasteiger partial charge in [-0.3, -0.25) is 20.7 Å². The largest absolute Gasteiger partial charge is 0.393 e. The van der Waals surface area contributed by atoms with Crippen molar-refractivity contribution in [3.63, 3.8) is 0 Å². The summed E-state index contributed by atoms with van der Waals surface area (Å²) in [6.45, 7) is 9.65. The number of carbonyl (C=O) groups is 1. The van der Waals surface area contributed by atoms with Crippen molar-refractivity contribution in [1.82, 2.24) is 16.0 Å². The predicted molar refractivity (Wildman–Crippen MR) is 149 cm³/mol. The molecule has 0 heterocycles. The number of fused-ring (bicyclic) bond motifs is 5. The fraction of sp³-hybridized carbons (Fsp3) is 0.967. The van der Waals surface area contributed by atoms with Crippen LogP contribution in [0.2, 0.25) is 0 Å². The molecule has 4 fully saturated rings. The highest BCUT2D eigenvalue weighted by atomic mass is 16.3. The molecule has 6 N–H and O–H groups in total. The number of hydrogen-bond donors (Lipinski definition) is 5. The topological polar surface area (TPSA) is 99.4 Å². The average molecular weight is 507 g/mol. The van der Waals surface area contributed by atoms with E-state index in [9.17, 15) is 9.90 Å². The molecule has 4 saturated carbocycles. The van der Waals surface area contributed by atoms with E-state index >= 15 is 0 Å². The van der Waals surface area contributed by atoms with Gasteiger partial charge in [-0.05, 0) is 138 Å². The molecule has 0 radical (unpaired) electrons. The van der Waals surface area contributed by atoms with Gasteiger partial charge >= 0.3 is 0 Å². The van der Waals surface area contributed by atoms with E-state index in [0.717, 1.165) is 55.3 Å². The highest BCUT2D eigenvalue weighted by molar-refractivity contribution is 5.73. The first-order valence-corrected chi connectivity index (χ1v) is 15.0. The maximum Gasteiger partial charge on any atom is 0.217 e. The molecule has 0 spiro atoms. The second-order valence-electron chi connectivity index (χ2n) is 13.3. The number of hydrogen-bond acceptors (Lipinski definition) is 5. The molecule has 0 bridgehead atoms. The third kappa shape index (κ3) is 5.67. The van der Waals surface area contributed by atoms with Gasteiger partial charge in [-0.15, -0.1) is 0 Å². The van der Waals surface area contributed by atoms with E-state index in [0.29, 0.717) is 23.2 Å². The lowest BCUT2D eigenvalue weighted by molar-refractivity contribution is -0.129. The van der Waals surface area contributed by atoms with Crippen molar-refractivity contribution in [3.05, 3.63) is 0 Å². The molecule has 0 aromatic rings. The van der Waals surface area contributed by atoms with Gasteiger partial charge in [0.15, 0.2) is 0 Å². The number of rotatable bonds is 8. The lowest BCUT2D eigenvalue weighted by Gasteiger charge is -2.61. The van der Waals surface area contributed by atoms with Gasteiger partial charge in [0.2, 0.25) is 5.91 Å². The molecule has 210 valence electrons. The molecular formula is C30H58N4O2. The first kappa shape index (κ1) is 29.9. The zero-order valence-corrected chi connectivity index (χ0v) is 24.5. The molecule has 6 nitrogen and oxygen atoms in total. The van der Waals surface area contributed by atoms with Crippen molar-refractivity contribution < 1.29 is 9.90 Å². The second kappa shape index (κ2) is 12.0. The van der Waals surface area contributed by atoms with Crippen LogP contribution >= 0.6 is 0 Å². The number of amides is 1. The van der Waals surface area contributed by atoms with Gasteiger partial charge in [0.05, 0.1) is 6.10 Å². The Hall–Kier alpha value is -0.690. The van der Waals surface area contributed by atoms with Crippen LogP contribution in [0.1, 0.15) is 105 Å². The van der Waals surface area contributed by atoms with Crippen LogP contribution in [0.15, 0.2) is 0 Å². The third-order valence-electron chi connectivity index (χ3n) is 12.1. The Labute approximate surface area is 221 Å². The molecule has 4 aliphatic rings. The summed E-state index contributed by atoms with van der Waals surface area (Å²) in [6, 6.07) is 0. The minimum absolute atomic E-state index is 0.0459. The SMILES string of the molecule is CCC(NC)(NC)NC.C[C@H](CCC(N)=O)[C@H]1CCC2C3CCC4C[C@H](O)CC[C@]4(C)C3CC[C@@]21C. The smallest absolute Gasteiger partial charge is 0.217 e. The van der Waals surface area contributed by atoms with Crippen molar-refractivity contribution in [3.8, 4) is 0 Å². The van der Waals surface area contributed by atoms with Crippen LogP contribution in [0.5, 0.6) is 0 Å². The fourth-order valence-electron chi connectivity index (χ4n) is 9.69. The van der Waals surface area contributed by atoms with Crippen molar-refractivity contribution in [2.75, 3.05) is 21.1 Å². The van der Waals surface area contributed by atoms with Crippen LogP contribution in [0.4, 0.5) is 0 Å². The molecule has 9 atom stereocenters. The van der Waals surface area contributed by atoms with Gasteiger partial charge < -0.3 is 10.8 Å². The molecular weight excluding hydrogens is 448 g/mol. The summed E-state index contributed by atoms with van der Waals surface area (Å²) in [5.74, 6) is 4.55. The summed E-state index contributed by atoms with van der Waals surface area (Å²) in [6.07, 6.45) is 14.0. The van der Waals surface area contributed by atoms with Crippen molar-refractivity contribution >= 4 is 5.91 Å². The molecule has 6 heteroatoms. The van der Waals surface area contributed by atoms with E-state index in [2.05, 4.69) is 43.6 Å². The number of aliphatic hydroxyl groups excluding tert-OH is 1. The minimum atomic E-state index is -0.143. The first-order valence-electron chi connectivity index (χ1n) is 15.0. The molecule has 4 aliphatic carbocycles. The van der Waals surface area contributed by atoms with Gasteiger partial charge in [-0.1, -0.05) is 27.7 Å². The van der Waals surface area contributed by atoms with Crippen LogP contribution in [0.3, 0.4) is 0 Å². The molecule has 4 rings (SSSR count). The molecule has 1 amide bonds. The van der Waals surface area contributed by atoms with Crippen molar-refractivity contribution in [2.45, 2.75) is 117 Å². The normalized spacial score (nSPS) is 40.8. The Morgan fingerprint density at radius 1 is 0.972 bits per heavy atom. The average Bonchev–Trinajstić information content (AvgIpc) is 3.22. The lowest BCUT2D eigenvalue weighted by atomic mass is 9.44. The van der Waals surface area contributed by atoms with E-state index in [1.807, 2.05) is 21.1 Å². The Kier molecular flexibility index (Phi) is 9.96. The quantitative estimate of drug-likeness (QED) is 0.310. The summed E-state index contributed by atoms with van der Waals surface area (Å²) in [5, 5.41) is 19.6. The number of carbonyl (C=O) groups excluding carboxylic acids is 1. The summed E-state index contributed by atoms with van der Waals surface area (Å²) >= 11 is 0. The first-order chi connectivity index (χ1) is 17.0. The van der Waals surface area contributed by atoms with Gasteiger partial charge in [0.25, 0.3) is 0 Å². The molecule has 0 saturated heterocycles. The number of aliphatic hydroxyl groups is 1. The highest BCUT2D eigenvalue weighted by Crippen LogP contribution is 2.68. The Balaban J connectivity index is 0.000000345. The maximum absolute atomic E-state index is 11.3. The molecule has 36 heavy (non-hydrogen) atoms. The van der Waals surface area contributed by atoms with E-state index < -0.39 is 0 Å². The zero-order valence-electron chi connectivity index (χ0n) is 24.5. The zero-order chi connectivity index (χ0) is 26.7. The van der Waals surface area contributed by atoms with Gasteiger partial charge in [-0.2, -0.15) is 0 Å². The Morgan fingerprint density at radius 2 is 1.58 bits per heavy atom. The Bertz CT molecular complexity index is 710. The molecule has 0 aliphatic heterocycles. The highest BCUT2D eigenvalue weighted by Gasteiger charge is 2.60. The Morgan fingerprint density at radius 3 is 2.14 bits per heavy atom. The third-order valence-corrected chi connectivity index (χ3v) is 12.1. The summed E-state index contributed by atoms with van der Waals surface area (Å²) in [4.78, 5) is 11.3. The predicted octanol–water partition coefficient (Wildman–Crippen LogP) is 4.62. The lowest BCUT2D eigenvalue weighted by Crippen LogP contribution is -2.62. The van der Waals surface area contributed by atoms with Crippen LogP contribution in [-0.4, -0.2) is 44.0 Å². The van der Waals surface area contributed by atoms with Gasteiger partial charge in [0.1, 0.15) is 5.79 Å².